The fraction of sp³-hybridized carbons (Fsp3) is 0.647. The highest BCUT2D eigenvalue weighted by Gasteiger charge is 2.36. The van der Waals surface area contributed by atoms with Crippen LogP contribution in [-0.4, -0.2) is 38.0 Å². The second-order valence-electron chi connectivity index (χ2n) is 14.3. The van der Waals surface area contributed by atoms with Crippen molar-refractivity contribution in [3.05, 3.63) is 32.0 Å². The number of nitrogens with one attached hydrogen (secondary N) is 2. The summed E-state index contributed by atoms with van der Waals surface area (Å²) in [7, 11) is 2.73. The summed E-state index contributed by atoms with van der Waals surface area (Å²) in [5.41, 5.74) is 3.32. The summed E-state index contributed by atoms with van der Waals surface area (Å²) in [4.78, 5) is 53.5. The molecule has 2 heterocycles. The minimum Gasteiger partial charge on any atom is -0.465 e. The summed E-state index contributed by atoms with van der Waals surface area (Å²) in [6, 6.07) is 0. The van der Waals surface area contributed by atoms with Gasteiger partial charge in [0, 0.05) is 22.6 Å². The molecule has 242 valence electrons. The number of esters is 2. The standard InChI is InChI=1S/C34H48N2O6S2/c1-33(2,3)19-13-15-21-23(17-19)43-29(27(21)31(39)41-7)35-25(37)11-9-10-12-26(38)36-30-28(32(40)42-8)22-16-14-20(34(4,5)6)18-24(22)44-30/h19-20H,9-18H2,1-8H3,(H,35,37)(H,36,38). The molecule has 0 radical (unpaired) electrons. The van der Waals surface area contributed by atoms with Crippen LogP contribution in [0.15, 0.2) is 0 Å². The number of fused-ring (bicyclic) bond motifs is 2. The molecule has 2 amide bonds. The zero-order valence-electron chi connectivity index (χ0n) is 27.5. The molecule has 2 atom stereocenters. The van der Waals surface area contributed by atoms with Gasteiger partial charge >= 0.3 is 11.9 Å². The van der Waals surface area contributed by atoms with Crippen LogP contribution in [0.2, 0.25) is 0 Å². The number of hydrogen-bond donors (Lipinski definition) is 2. The fourth-order valence-electron chi connectivity index (χ4n) is 6.41. The molecule has 0 bridgehead atoms. The molecular formula is C34H48N2O6S2. The summed E-state index contributed by atoms with van der Waals surface area (Å²) in [6.45, 7) is 13.5. The van der Waals surface area contributed by atoms with Gasteiger partial charge in [0.15, 0.2) is 0 Å². The van der Waals surface area contributed by atoms with Crippen molar-refractivity contribution in [2.24, 2.45) is 22.7 Å². The maximum atomic E-state index is 12.9. The van der Waals surface area contributed by atoms with Gasteiger partial charge in [0.05, 0.1) is 25.3 Å². The number of anilines is 2. The molecule has 4 rings (SSSR count). The quantitative estimate of drug-likeness (QED) is 0.213. The van der Waals surface area contributed by atoms with Crippen molar-refractivity contribution >= 4 is 56.4 Å². The smallest absolute Gasteiger partial charge is 0.341 e. The van der Waals surface area contributed by atoms with E-state index < -0.39 is 11.9 Å². The first-order valence-electron chi connectivity index (χ1n) is 15.7. The highest BCUT2D eigenvalue weighted by molar-refractivity contribution is 7.17. The van der Waals surface area contributed by atoms with E-state index in [2.05, 4.69) is 52.2 Å². The predicted molar refractivity (Wildman–Crippen MR) is 177 cm³/mol. The average molecular weight is 645 g/mol. The van der Waals surface area contributed by atoms with Crippen molar-refractivity contribution in [1.82, 2.24) is 0 Å². The van der Waals surface area contributed by atoms with Gasteiger partial charge in [0.2, 0.25) is 11.8 Å². The Balaban J connectivity index is 1.33. The lowest BCUT2D eigenvalue weighted by molar-refractivity contribution is -0.118. The molecular weight excluding hydrogens is 597 g/mol. The second-order valence-corrected chi connectivity index (χ2v) is 16.5. The normalized spacial score (nSPS) is 18.2. The molecule has 8 nitrogen and oxygen atoms in total. The lowest BCUT2D eigenvalue weighted by Crippen LogP contribution is -2.26. The summed E-state index contributed by atoms with van der Waals surface area (Å²) >= 11 is 2.97. The Morgan fingerprint density at radius 2 is 1.05 bits per heavy atom. The van der Waals surface area contributed by atoms with Gasteiger partial charge in [-0.3, -0.25) is 9.59 Å². The monoisotopic (exact) mass is 644 g/mol. The van der Waals surface area contributed by atoms with Crippen molar-refractivity contribution in [1.29, 1.82) is 0 Å². The molecule has 2 aliphatic carbocycles. The molecule has 2 N–H and O–H groups in total. The maximum Gasteiger partial charge on any atom is 0.341 e. The Hall–Kier alpha value is -2.72. The van der Waals surface area contributed by atoms with Crippen LogP contribution in [0.4, 0.5) is 10.0 Å². The Bertz CT molecular complexity index is 1300. The maximum absolute atomic E-state index is 12.9. The highest BCUT2D eigenvalue weighted by atomic mass is 32.1. The number of carbonyl (C=O) groups is 4. The number of methoxy groups -OCH3 is 2. The summed E-state index contributed by atoms with van der Waals surface area (Å²) in [5, 5.41) is 7.04. The van der Waals surface area contributed by atoms with E-state index in [1.165, 1.54) is 36.9 Å². The van der Waals surface area contributed by atoms with E-state index in [-0.39, 0.29) is 35.5 Å². The lowest BCUT2D eigenvalue weighted by Gasteiger charge is -2.33. The first-order chi connectivity index (χ1) is 20.6. The first-order valence-corrected chi connectivity index (χ1v) is 17.3. The number of rotatable bonds is 9. The van der Waals surface area contributed by atoms with Crippen LogP contribution in [0.25, 0.3) is 0 Å². The zero-order chi connectivity index (χ0) is 32.4. The van der Waals surface area contributed by atoms with Crippen LogP contribution in [0.5, 0.6) is 0 Å². The lowest BCUT2D eigenvalue weighted by atomic mass is 9.72. The topological polar surface area (TPSA) is 111 Å². The van der Waals surface area contributed by atoms with Gasteiger partial charge in [0.25, 0.3) is 0 Å². The number of ether oxygens (including phenoxy) is 2. The van der Waals surface area contributed by atoms with Gasteiger partial charge in [-0.15, -0.1) is 22.7 Å². The SMILES string of the molecule is COC(=O)c1c(NC(=O)CCCCC(=O)Nc2sc3c(c2C(=O)OC)CCC(C(C)(C)C)C3)sc2c1CCC(C(C)(C)C)C2. The molecule has 0 spiro atoms. The van der Waals surface area contributed by atoms with Gasteiger partial charge in [-0.05, 0) is 85.2 Å². The van der Waals surface area contributed by atoms with Crippen LogP contribution >= 0.6 is 22.7 Å². The number of hydrogen-bond acceptors (Lipinski definition) is 8. The van der Waals surface area contributed by atoms with Crippen LogP contribution in [0, 0.1) is 22.7 Å². The van der Waals surface area contributed by atoms with E-state index in [9.17, 15) is 19.2 Å². The zero-order valence-corrected chi connectivity index (χ0v) is 29.1. The van der Waals surface area contributed by atoms with E-state index in [1.54, 1.807) is 0 Å². The third-order valence-corrected chi connectivity index (χ3v) is 11.7. The molecule has 0 saturated carbocycles. The average Bonchev–Trinajstić information content (AvgIpc) is 3.49. The van der Waals surface area contributed by atoms with Crippen molar-refractivity contribution in [2.45, 2.75) is 106 Å². The van der Waals surface area contributed by atoms with Crippen LogP contribution in [-0.2, 0) is 44.7 Å². The van der Waals surface area contributed by atoms with Crippen molar-refractivity contribution in [3.8, 4) is 0 Å². The van der Waals surface area contributed by atoms with Gasteiger partial charge < -0.3 is 20.1 Å². The van der Waals surface area contributed by atoms with Crippen molar-refractivity contribution in [2.75, 3.05) is 24.9 Å². The summed E-state index contributed by atoms with van der Waals surface area (Å²) in [6.07, 6.45) is 6.87. The molecule has 2 aliphatic rings. The molecule has 10 heteroatoms. The number of thiophene rings is 2. The number of amides is 2. The second kappa shape index (κ2) is 13.7. The van der Waals surface area contributed by atoms with Gasteiger partial charge in [0.1, 0.15) is 10.0 Å². The number of carbonyl (C=O) groups excluding carboxylic acids is 4. The van der Waals surface area contributed by atoms with E-state index in [0.717, 1.165) is 59.4 Å². The fourth-order valence-corrected chi connectivity index (χ4v) is 9.08. The minimum absolute atomic E-state index is 0.169. The third kappa shape index (κ3) is 7.73. The number of unbranched alkanes of at least 4 members (excludes halogenated alkanes) is 1. The predicted octanol–water partition coefficient (Wildman–Crippen LogP) is 7.82. The Morgan fingerprint density at radius 3 is 1.36 bits per heavy atom. The molecule has 44 heavy (non-hydrogen) atoms. The minimum atomic E-state index is -0.417. The van der Waals surface area contributed by atoms with Gasteiger partial charge in [-0.2, -0.15) is 0 Å². The largest absolute Gasteiger partial charge is 0.465 e. The third-order valence-electron chi connectivity index (χ3n) is 9.32. The highest BCUT2D eigenvalue weighted by Crippen LogP contribution is 2.46. The van der Waals surface area contributed by atoms with Gasteiger partial charge in [-0.1, -0.05) is 41.5 Å². The molecule has 2 aromatic heterocycles. The molecule has 0 aliphatic heterocycles. The summed E-state index contributed by atoms with van der Waals surface area (Å²) < 4.78 is 10.1. The molecule has 2 unspecified atom stereocenters. The van der Waals surface area contributed by atoms with E-state index in [1.807, 2.05) is 0 Å². The van der Waals surface area contributed by atoms with Crippen molar-refractivity contribution < 1.29 is 28.7 Å². The Kier molecular flexibility index (Phi) is 10.7. The Morgan fingerprint density at radius 1 is 0.682 bits per heavy atom. The molecule has 0 fully saturated rings. The van der Waals surface area contributed by atoms with Crippen LogP contribution in [0.1, 0.15) is 122 Å². The van der Waals surface area contributed by atoms with E-state index in [0.29, 0.717) is 45.8 Å². The van der Waals surface area contributed by atoms with Crippen LogP contribution < -0.4 is 10.6 Å². The molecule has 2 aromatic rings. The van der Waals surface area contributed by atoms with E-state index >= 15 is 0 Å². The summed E-state index contributed by atoms with van der Waals surface area (Å²) in [5.74, 6) is -0.184. The molecule has 0 saturated heterocycles. The van der Waals surface area contributed by atoms with Crippen molar-refractivity contribution in [3.63, 3.8) is 0 Å². The first kappa shape index (κ1) is 34.2. The van der Waals surface area contributed by atoms with Crippen LogP contribution in [0.3, 0.4) is 0 Å². The molecule has 0 aromatic carbocycles. The van der Waals surface area contributed by atoms with E-state index in [4.69, 9.17) is 9.47 Å². The Labute approximate surface area is 269 Å². The van der Waals surface area contributed by atoms with Gasteiger partial charge in [-0.25, -0.2) is 9.59 Å².